The van der Waals surface area contributed by atoms with E-state index in [2.05, 4.69) is 0 Å². The van der Waals surface area contributed by atoms with Gasteiger partial charge in [0, 0.05) is 12.1 Å². The quantitative estimate of drug-likeness (QED) is 0.359. The zero-order chi connectivity index (χ0) is 18.1. The van der Waals surface area contributed by atoms with Gasteiger partial charge in [-0.3, -0.25) is 19.7 Å². The van der Waals surface area contributed by atoms with Crippen molar-refractivity contribution in [3.63, 3.8) is 0 Å². The highest BCUT2D eigenvalue weighted by Crippen LogP contribution is 2.58. The number of methoxy groups -OCH3 is 1. The molecule has 2 saturated heterocycles. The number of fused-ring (bicyclic) bond motifs is 5. The molecule has 0 saturated carbocycles. The lowest BCUT2D eigenvalue weighted by Gasteiger charge is -2.25. The minimum atomic E-state index is -0.852. The molecule has 0 aromatic heterocycles. The maximum absolute atomic E-state index is 13.1. The Bertz CT molecular complexity index is 829. The summed E-state index contributed by atoms with van der Waals surface area (Å²) in [5.74, 6) is -1.93. The molecule has 0 unspecified atom stereocenters. The molecule has 8 heteroatoms. The third-order valence-electron chi connectivity index (χ3n) is 5.34. The van der Waals surface area contributed by atoms with Crippen LogP contribution in [0.15, 0.2) is 30.4 Å². The van der Waals surface area contributed by atoms with E-state index in [4.69, 9.17) is 9.47 Å². The summed E-state index contributed by atoms with van der Waals surface area (Å²) in [4.78, 5) is 37.6. The van der Waals surface area contributed by atoms with Crippen LogP contribution in [0.2, 0.25) is 0 Å². The number of rotatable bonds is 3. The maximum Gasteiger partial charge on any atom is 0.271 e. The summed E-state index contributed by atoms with van der Waals surface area (Å²) in [7, 11) is 1.38. The van der Waals surface area contributed by atoms with Crippen molar-refractivity contribution >= 4 is 23.2 Å². The number of benzene rings is 1. The molecule has 1 aromatic carbocycles. The first-order valence-electron chi connectivity index (χ1n) is 7.83. The van der Waals surface area contributed by atoms with Crippen LogP contribution < -0.4 is 9.64 Å². The van der Waals surface area contributed by atoms with Crippen LogP contribution in [0.1, 0.15) is 13.8 Å². The van der Waals surface area contributed by atoms with Crippen LogP contribution in [0.3, 0.4) is 0 Å². The van der Waals surface area contributed by atoms with Gasteiger partial charge in [0.05, 0.1) is 35.1 Å². The normalized spacial score (nSPS) is 35.4. The summed E-state index contributed by atoms with van der Waals surface area (Å²) in [6.07, 6.45) is 3.63. The first kappa shape index (κ1) is 15.8. The summed E-state index contributed by atoms with van der Waals surface area (Å²) in [5, 5.41) is 11.1. The van der Waals surface area contributed by atoms with E-state index in [-0.39, 0.29) is 17.1 Å². The Kier molecular flexibility index (Phi) is 2.94. The monoisotopic (exact) mass is 344 g/mol. The zero-order valence-electron chi connectivity index (χ0n) is 13.9. The number of hydrogen-bond donors (Lipinski definition) is 0. The molecule has 8 nitrogen and oxygen atoms in total. The van der Waals surface area contributed by atoms with E-state index in [1.807, 2.05) is 12.2 Å². The van der Waals surface area contributed by atoms with Gasteiger partial charge in [-0.2, -0.15) is 0 Å². The van der Waals surface area contributed by atoms with Gasteiger partial charge < -0.3 is 9.47 Å². The average Bonchev–Trinajstić information content (AvgIpc) is 3.11. The molecule has 2 bridgehead atoms. The summed E-state index contributed by atoms with van der Waals surface area (Å²) in [6.45, 7) is 3.55. The van der Waals surface area contributed by atoms with Crippen LogP contribution in [0.5, 0.6) is 5.75 Å². The number of ether oxygens (including phenoxy) is 2. The standard InChI is InChI=1S/C17H16N2O6/c1-16-6-7-17(2,25-16)13-12(16)14(20)18(15(13)21)10-8-9(19(22)23)4-5-11(10)24-3/h4-8,12-13H,1-3H3/t12-,13+,16-,17-/m1/s1. The number of imide groups is 1. The van der Waals surface area contributed by atoms with Crippen LogP contribution in [-0.2, 0) is 14.3 Å². The molecular weight excluding hydrogens is 328 g/mol. The van der Waals surface area contributed by atoms with Crippen LogP contribution in [0.25, 0.3) is 0 Å². The second kappa shape index (κ2) is 4.66. The van der Waals surface area contributed by atoms with Crippen molar-refractivity contribution in [2.45, 2.75) is 25.0 Å². The second-order valence-electron chi connectivity index (χ2n) is 6.88. The fraction of sp³-hybridized carbons (Fsp3) is 0.412. The van der Waals surface area contributed by atoms with Gasteiger partial charge >= 0.3 is 0 Å². The maximum atomic E-state index is 13.1. The minimum Gasteiger partial charge on any atom is -0.495 e. The Morgan fingerprint density at radius 3 is 2.20 bits per heavy atom. The molecule has 0 N–H and O–H groups in total. The lowest BCUT2D eigenvalue weighted by atomic mass is 9.73. The first-order valence-corrected chi connectivity index (χ1v) is 7.83. The first-order chi connectivity index (χ1) is 11.7. The largest absolute Gasteiger partial charge is 0.495 e. The van der Waals surface area contributed by atoms with E-state index in [1.54, 1.807) is 13.8 Å². The van der Waals surface area contributed by atoms with E-state index < -0.39 is 39.8 Å². The number of carbonyl (C=O) groups excluding carboxylic acids is 2. The predicted molar refractivity (Wildman–Crippen MR) is 86.2 cm³/mol. The number of nitrogens with zero attached hydrogens (tertiary/aromatic N) is 2. The van der Waals surface area contributed by atoms with Crippen molar-refractivity contribution in [1.29, 1.82) is 0 Å². The van der Waals surface area contributed by atoms with Crippen LogP contribution in [0.4, 0.5) is 11.4 Å². The van der Waals surface area contributed by atoms with Crippen molar-refractivity contribution in [2.24, 2.45) is 11.8 Å². The molecule has 0 aliphatic carbocycles. The molecule has 3 heterocycles. The molecule has 3 aliphatic heterocycles. The predicted octanol–water partition coefficient (Wildman–Crippen LogP) is 1.83. The summed E-state index contributed by atoms with van der Waals surface area (Å²) < 4.78 is 11.2. The molecule has 4 atom stereocenters. The smallest absolute Gasteiger partial charge is 0.271 e. The van der Waals surface area contributed by atoms with Gasteiger partial charge in [-0.1, -0.05) is 12.2 Å². The Balaban J connectivity index is 1.84. The number of carbonyl (C=O) groups is 2. The molecule has 3 aliphatic rings. The Labute approximate surface area is 143 Å². The highest BCUT2D eigenvalue weighted by Gasteiger charge is 2.70. The number of nitro benzene ring substituents is 1. The number of non-ortho nitro benzene ring substituents is 1. The van der Waals surface area contributed by atoms with E-state index in [0.29, 0.717) is 0 Å². The van der Waals surface area contributed by atoms with Crippen LogP contribution >= 0.6 is 0 Å². The zero-order valence-corrected chi connectivity index (χ0v) is 13.9. The van der Waals surface area contributed by atoms with Crippen molar-refractivity contribution in [2.75, 3.05) is 12.0 Å². The molecule has 0 spiro atoms. The summed E-state index contributed by atoms with van der Waals surface area (Å²) >= 11 is 0. The third kappa shape index (κ3) is 1.85. The highest BCUT2D eigenvalue weighted by molar-refractivity contribution is 6.24. The van der Waals surface area contributed by atoms with Crippen LogP contribution in [-0.4, -0.2) is 35.0 Å². The Morgan fingerprint density at radius 2 is 1.72 bits per heavy atom. The summed E-state index contributed by atoms with van der Waals surface area (Å²) in [5.41, 5.74) is -1.83. The third-order valence-corrected chi connectivity index (χ3v) is 5.34. The Hall–Kier alpha value is -2.74. The van der Waals surface area contributed by atoms with Gasteiger partial charge in [0.15, 0.2) is 0 Å². The van der Waals surface area contributed by atoms with Crippen molar-refractivity contribution in [3.8, 4) is 5.75 Å². The van der Waals surface area contributed by atoms with Gasteiger partial charge in [-0.15, -0.1) is 0 Å². The number of anilines is 1. The lowest BCUT2D eigenvalue weighted by Crippen LogP contribution is -2.39. The van der Waals surface area contributed by atoms with Gasteiger partial charge in [-0.05, 0) is 19.9 Å². The second-order valence-corrected chi connectivity index (χ2v) is 6.88. The van der Waals surface area contributed by atoms with Gasteiger partial charge in [-0.25, -0.2) is 4.90 Å². The van der Waals surface area contributed by atoms with E-state index in [9.17, 15) is 19.7 Å². The van der Waals surface area contributed by atoms with Crippen LogP contribution in [0, 0.1) is 22.0 Å². The highest BCUT2D eigenvalue weighted by atomic mass is 16.6. The minimum absolute atomic E-state index is 0.0905. The van der Waals surface area contributed by atoms with Crippen molar-refractivity contribution < 1.29 is 24.0 Å². The summed E-state index contributed by atoms with van der Waals surface area (Å²) in [6, 6.07) is 3.84. The Morgan fingerprint density at radius 1 is 1.16 bits per heavy atom. The molecular formula is C17H16N2O6. The van der Waals surface area contributed by atoms with Gasteiger partial charge in [0.1, 0.15) is 11.4 Å². The molecule has 0 radical (unpaired) electrons. The van der Waals surface area contributed by atoms with E-state index in [1.165, 1.54) is 25.3 Å². The average molecular weight is 344 g/mol. The molecule has 1 aromatic rings. The van der Waals surface area contributed by atoms with Crippen molar-refractivity contribution in [1.82, 2.24) is 0 Å². The van der Waals surface area contributed by atoms with Crippen molar-refractivity contribution in [3.05, 3.63) is 40.5 Å². The fourth-order valence-corrected chi connectivity index (χ4v) is 4.24. The number of nitro groups is 1. The van der Waals surface area contributed by atoms with E-state index >= 15 is 0 Å². The molecule has 25 heavy (non-hydrogen) atoms. The molecule has 2 amide bonds. The fourth-order valence-electron chi connectivity index (χ4n) is 4.24. The molecule has 130 valence electrons. The van der Waals surface area contributed by atoms with Gasteiger partial charge in [0.2, 0.25) is 11.8 Å². The number of hydrogen-bond acceptors (Lipinski definition) is 6. The number of amides is 2. The lowest BCUT2D eigenvalue weighted by molar-refractivity contribution is -0.384. The molecule has 2 fully saturated rings. The van der Waals surface area contributed by atoms with E-state index in [0.717, 1.165) is 4.90 Å². The SMILES string of the molecule is COc1ccc([N+](=O)[O-])cc1N1C(=O)[C@@H]2[C@H](C1=O)[C@@]1(C)C=C[C@@]2(C)O1. The van der Waals surface area contributed by atoms with Gasteiger partial charge in [0.25, 0.3) is 5.69 Å². The topological polar surface area (TPSA) is 99.0 Å². The molecule has 4 rings (SSSR count).